The SMILES string of the molecule is COc1ccc2c(c1)C(=O)/C(=C/c1ccccc1F)CO2. The third kappa shape index (κ3) is 2.52. The molecule has 0 saturated heterocycles. The van der Waals surface area contributed by atoms with Crippen molar-refractivity contribution >= 4 is 11.9 Å². The number of hydrogen-bond acceptors (Lipinski definition) is 3. The smallest absolute Gasteiger partial charge is 0.196 e. The molecule has 0 spiro atoms. The second-order valence-corrected chi connectivity index (χ2v) is 4.67. The lowest BCUT2D eigenvalue weighted by Gasteiger charge is -2.19. The Labute approximate surface area is 121 Å². The Bertz CT molecular complexity index is 735. The summed E-state index contributed by atoms with van der Waals surface area (Å²) in [5.74, 6) is 0.567. The molecule has 2 aromatic carbocycles. The molecule has 106 valence electrons. The minimum atomic E-state index is -0.366. The third-order valence-electron chi connectivity index (χ3n) is 3.34. The Balaban J connectivity index is 2.00. The maximum atomic E-state index is 13.7. The van der Waals surface area contributed by atoms with Gasteiger partial charge in [0.15, 0.2) is 5.78 Å². The Hall–Kier alpha value is -2.62. The van der Waals surface area contributed by atoms with E-state index in [0.29, 0.717) is 28.2 Å². The van der Waals surface area contributed by atoms with Crippen molar-refractivity contribution in [2.45, 2.75) is 0 Å². The lowest BCUT2D eigenvalue weighted by Crippen LogP contribution is -2.19. The highest BCUT2D eigenvalue weighted by Crippen LogP contribution is 2.31. The van der Waals surface area contributed by atoms with E-state index in [9.17, 15) is 9.18 Å². The van der Waals surface area contributed by atoms with Gasteiger partial charge in [-0.25, -0.2) is 4.39 Å². The first kappa shape index (κ1) is 13.4. The van der Waals surface area contributed by atoms with Gasteiger partial charge >= 0.3 is 0 Å². The second kappa shape index (κ2) is 5.40. The number of Topliss-reactive ketones (excluding diaryl/α,β-unsaturated/α-hetero) is 1. The van der Waals surface area contributed by atoms with Crippen molar-refractivity contribution in [3.63, 3.8) is 0 Å². The summed E-state index contributed by atoms with van der Waals surface area (Å²) >= 11 is 0. The first-order chi connectivity index (χ1) is 10.2. The highest BCUT2D eigenvalue weighted by Gasteiger charge is 2.24. The molecule has 0 aliphatic carbocycles. The van der Waals surface area contributed by atoms with Crippen LogP contribution in [0.2, 0.25) is 0 Å². The molecule has 21 heavy (non-hydrogen) atoms. The van der Waals surface area contributed by atoms with Crippen molar-refractivity contribution in [2.75, 3.05) is 13.7 Å². The third-order valence-corrected chi connectivity index (χ3v) is 3.34. The summed E-state index contributed by atoms with van der Waals surface area (Å²) in [5.41, 5.74) is 1.22. The molecule has 0 saturated carbocycles. The van der Waals surface area contributed by atoms with E-state index in [2.05, 4.69) is 0 Å². The van der Waals surface area contributed by atoms with Crippen LogP contribution in [0.4, 0.5) is 4.39 Å². The molecular formula is C17H13FO3. The molecule has 1 aliphatic rings. The van der Waals surface area contributed by atoms with Crippen LogP contribution < -0.4 is 9.47 Å². The van der Waals surface area contributed by atoms with Gasteiger partial charge in [0.1, 0.15) is 23.9 Å². The maximum absolute atomic E-state index is 13.7. The van der Waals surface area contributed by atoms with Crippen LogP contribution in [-0.2, 0) is 0 Å². The highest BCUT2D eigenvalue weighted by molar-refractivity contribution is 6.14. The van der Waals surface area contributed by atoms with Gasteiger partial charge in [-0.2, -0.15) is 0 Å². The molecule has 0 fully saturated rings. The Kier molecular flexibility index (Phi) is 3.44. The minimum absolute atomic E-state index is 0.131. The first-order valence-electron chi connectivity index (χ1n) is 6.49. The molecular weight excluding hydrogens is 271 g/mol. The second-order valence-electron chi connectivity index (χ2n) is 4.67. The Morgan fingerprint density at radius 1 is 1.24 bits per heavy atom. The molecule has 2 aromatic rings. The molecule has 0 atom stereocenters. The van der Waals surface area contributed by atoms with E-state index < -0.39 is 0 Å². The van der Waals surface area contributed by atoms with E-state index in [-0.39, 0.29) is 18.2 Å². The number of carbonyl (C=O) groups excluding carboxylic acids is 1. The monoisotopic (exact) mass is 284 g/mol. The van der Waals surface area contributed by atoms with Crippen molar-refractivity contribution in [3.05, 3.63) is 65.0 Å². The lowest BCUT2D eigenvalue weighted by atomic mass is 9.98. The van der Waals surface area contributed by atoms with Gasteiger partial charge in [0.25, 0.3) is 0 Å². The van der Waals surface area contributed by atoms with E-state index in [1.54, 1.807) is 36.4 Å². The zero-order chi connectivity index (χ0) is 14.8. The first-order valence-corrected chi connectivity index (χ1v) is 6.49. The van der Waals surface area contributed by atoms with Crippen LogP contribution in [0.1, 0.15) is 15.9 Å². The van der Waals surface area contributed by atoms with E-state index in [1.165, 1.54) is 19.3 Å². The summed E-state index contributed by atoms with van der Waals surface area (Å²) in [5, 5.41) is 0. The molecule has 1 aliphatic heterocycles. The van der Waals surface area contributed by atoms with Gasteiger partial charge < -0.3 is 9.47 Å². The molecule has 0 bridgehead atoms. The molecule has 0 unspecified atom stereocenters. The number of fused-ring (bicyclic) bond motifs is 1. The Morgan fingerprint density at radius 2 is 2.05 bits per heavy atom. The van der Waals surface area contributed by atoms with E-state index in [4.69, 9.17) is 9.47 Å². The number of halogens is 1. The van der Waals surface area contributed by atoms with Crippen LogP contribution in [0.5, 0.6) is 11.5 Å². The van der Waals surface area contributed by atoms with Crippen molar-refractivity contribution in [2.24, 2.45) is 0 Å². The van der Waals surface area contributed by atoms with Crippen LogP contribution in [-0.4, -0.2) is 19.5 Å². The fraction of sp³-hybridized carbons (Fsp3) is 0.118. The molecule has 0 aromatic heterocycles. The van der Waals surface area contributed by atoms with Crippen molar-refractivity contribution in [1.29, 1.82) is 0 Å². The topological polar surface area (TPSA) is 35.5 Å². The predicted octanol–water partition coefficient (Wildman–Crippen LogP) is 3.49. The quantitative estimate of drug-likeness (QED) is 0.792. The fourth-order valence-corrected chi connectivity index (χ4v) is 2.22. The van der Waals surface area contributed by atoms with Crippen molar-refractivity contribution < 1.29 is 18.7 Å². The summed E-state index contributed by atoms with van der Waals surface area (Å²) < 4.78 is 24.3. The average molecular weight is 284 g/mol. The summed E-state index contributed by atoms with van der Waals surface area (Å²) in [7, 11) is 1.53. The normalized spacial score (nSPS) is 15.5. The average Bonchev–Trinajstić information content (AvgIpc) is 2.52. The molecule has 0 amide bonds. The lowest BCUT2D eigenvalue weighted by molar-refractivity contribution is 0.100. The van der Waals surface area contributed by atoms with Crippen LogP contribution in [0.25, 0.3) is 6.08 Å². The summed E-state index contributed by atoms with van der Waals surface area (Å²) in [6.07, 6.45) is 1.53. The fourth-order valence-electron chi connectivity index (χ4n) is 2.22. The van der Waals surface area contributed by atoms with E-state index >= 15 is 0 Å². The number of rotatable bonds is 2. The largest absolute Gasteiger partial charge is 0.497 e. The number of benzene rings is 2. The van der Waals surface area contributed by atoms with Gasteiger partial charge in [-0.3, -0.25) is 4.79 Å². The van der Waals surface area contributed by atoms with Crippen LogP contribution in [0.15, 0.2) is 48.0 Å². The van der Waals surface area contributed by atoms with E-state index in [0.717, 1.165) is 0 Å². The summed E-state index contributed by atoms with van der Waals surface area (Å²) in [6, 6.07) is 11.4. The van der Waals surface area contributed by atoms with Gasteiger partial charge in [-0.1, -0.05) is 18.2 Å². The minimum Gasteiger partial charge on any atom is -0.497 e. The van der Waals surface area contributed by atoms with E-state index in [1.807, 2.05) is 0 Å². The maximum Gasteiger partial charge on any atom is 0.196 e. The van der Waals surface area contributed by atoms with Crippen molar-refractivity contribution in [3.8, 4) is 11.5 Å². The van der Waals surface area contributed by atoms with Crippen molar-refractivity contribution in [1.82, 2.24) is 0 Å². The van der Waals surface area contributed by atoms with Gasteiger partial charge in [-0.15, -0.1) is 0 Å². The van der Waals surface area contributed by atoms with Crippen LogP contribution >= 0.6 is 0 Å². The summed E-state index contributed by atoms with van der Waals surface area (Å²) in [4.78, 5) is 12.5. The number of methoxy groups -OCH3 is 1. The van der Waals surface area contributed by atoms with Crippen LogP contribution in [0.3, 0.4) is 0 Å². The summed E-state index contributed by atoms with van der Waals surface area (Å²) in [6.45, 7) is 0.131. The number of carbonyl (C=O) groups is 1. The van der Waals surface area contributed by atoms with Gasteiger partial charge in [-0.05, 0) is 30.3 Å². The molecule has 3 nitrogen and oxygen atoms in total. The zero-order valence-corrected chi connectivity index (χ0v) is 11.4. The molecule has 0 N–H and O–H groups in total. The number of hydrogen-bond donors (Lipinski definition) is 0. The number of ether oxygens (including phenoxy) is 2. The van der Waals surface area contributed by atoms with Gasteiger partial charge in [0, 0.05) is 11.1 Å². The predicted molar refractivity (Wildman–Crippen MR) is 77.2 cm³/mol. The number of ketones is 1. The Morgan fingerprint density at radius 3 is 2.81 bits per heavy atom. The highest BCUT2D eigenvalue weighted by atomic mass is 19.1. The van der Waals surface area contributed by atoms with Gasteiger partial charge in [0.05, 0.1) is 12.7 Å². The molecule has 4 heteroatoms. The van der Waals surface area contributed by atoms with Crippen LogP contribution in [0, 0.1) is 5.82 Å². The molecule has 3 rings (SSSR count). The van der Waals surface area contributed by atoms with Gasteiger partial charge in [0.2, 0.25) is 0 Å². The zero-order valence-electron chi connectivity index (χ0n) is 11.4. The molecule has 1 heterocycles. The molecule has 0 radical (unpaired) electrons. The standard InChI is InChI=1S/C17H13FO3/c1-20-13-6-7-16-14(9-13)17(19)12(10-21-16)8-11-4-2-3-5-15(11)18/h2-9H,10H2,1H3/b12-8+.